The molecule has 0 bridgehead atoms. The van der Waals surface area contributed by atoms with E-state index in [2.05, 4.69) is 4.99 Å². The Kier molecular flexibility index (Phi) is 3.61. The molecular weight excluding hydrogens is 124 g/mol. The highest BCUT2D eigenvalue weighted by Crippen LogP contribution is 1.85. The van der Waals surface area contributed by atoms with Gasteiger partial charge in [-0.15, -0.1) is 11.6 Å². The van der Waals surface area contributed by atoms with Gasteiger partial charge in [0.05, 0.1) is 5.88 Å². The molecule has 0 aromatic rings. The molecule has 0 saturated carbocycles. The Morgan fingerprint density at radius 1 is 1.75 bits per heavy atom. The Morgan fingerprint density at radius 3 is 2.38 bits per heavy atom. The van der Waals surface area contributed by atoms with Crippen LogP contribution in [0.15, 0.2) is 4.99 Å². The second-order valence-electron chi connectivity index (χ2n) is 1.85. The summed E-state index contributed by atoms with van der Waals surface area (Å²) in [4.78, 5) is 3.96. The van der Waals surface area contributed by atoms with Gasteiger partial charge in [-0.05, 0) is 13.8 Å². The van der Waals surface area contributed by atoms with Gasteiger partial charge in [-0.1, -0.05) is 0 Å². The maximum absolute atomic E-state index is 5.34. The van der Waals surface area contributed by atoms with Gasteiger partial charge in [0.2, 0.25) is 0 Å². The summed E-state index contributed by atoms with van der Waals surface area (Å²) in [5, 5.41) is 0. The van der Waals surface area contributed by atoms with Gasteiger partial charge >= 0.3 is 0 Å². The zero-order valence-electron chi connectivity index (χ0n) is 5.19. The molecule has 0 unspecified atom stereocenters. The van der Waals surface area contributed by atoms with Crippen LogP contribution in [0.25, 0.3) is 0 Å². The first kappa shape index (κ1) is 7.76. The van der Waals surface area contributed by atoms with Gasteiger partial charge in [0, 0.05) is 6.04 Å². The van der Waals surface area contributed by atoms with E-state index in [0.29, 0.717) is 11.7 Å². The largest absolute Gasteiger partial charge is 0.386 e. The van der Waals surface area contributed by atoms with Gasteiger partial charge in [0.1, 0.15) is 5.84 Å². The zero-order chi connectivity index (χ0) is 6.57. The monoisotopic (exact) mass is 134 g/mol. The fraction of sp³-hybridized carbons (Fsp3) is 0.800. The minimum absolute atomic E-state index is 0.258. The molecule has 3 heteroatoms. The zero-order valence-corrected chi connectivity index (χ0v) is 5.94. The lowest BCUT2D eigenvalue weighted by atomic mass is 10.4. The van der Waals surface area contributed by atoms with Crippen LogP contribution < -0.4 is 5.73 Å². The molecule has 2 nitrogen and oxygen atoms in total. The van der Waals surface area contributed by atoms with Crippen molar-refractivity contribution in [2.24, 2.45) is 10.7 Å². The quantitative estimate of drug-likeness (QED) is 0.342. The number of amidine groups is 1. The molecule has 48 valence electrons. The number of rotatable bonds is 2. The first-order valence-electron chi connectivity index (χ1n) is 2.55. The number of halogens is 1. The topological polar surface area (TPSA) is 38.4 Å². The summed E-state index contributed by atoms with van der Waals surface area (Å²) >= 11 is 5.34. The number of nitrogens with zero attached hydrogens (tertiary/aromatic N) is 1. The summed E-state index contributed by atoms with van der Waals surface area (Å²) in [6.45, 7) is 3.92. The molecule has 8 heavy (non-hydrogen) atoms. The Bertz CT molecular complexity index is 88.4. The summed E-state index contributed by atoms with van der Waals surface area (Å²) < 4.78 is 0. The van der Waals surface area contributed by atoms with E-state index in [1.807, 2.05) is 13.8 Å². The molecule has 0 radical (unpaired) electrons. The van der Waals surface area contributed by atoms with E-state index >= 15 is 0 Å². The molecule has 0 aliphatic rings. The SMILES string of the molecule is CC(C)N=C(N)CCl. The standard InChI is InChI=1S/C5H11ClN2/c1-4(2)8-5(7)3-6/h4H,3H2,1-2H3,(H2,7,8). The molecule has 0 aliphatic carbocycles. The smallest absolute Gasteiger partial charge is 0.109 e. The predicted molar refractivity (Wildman–Crippen MR) is 37.5 cm³/mol. The van der Waals surface area contributed by atoms with E-state index < -0.39 is 0 Å². The summed E-state index contributed by atoms with van der Waals surface area (Å²) in [5.41, 5.74) is 5.29. The molecule has 0 aliphatic heterocycles. The summed E-state index contributed by atoms with van der Waals surface area (Å²) in [6.07, 6.45) is 0. The van der Waals surface area contributed by atoms with Gasteiger partial charge in [0.15, 0.2) is 0 Å². The summed E-state index contributed by atoms with van der Waals surface area (Å²) in [6, 6.07) is 0.258. The van der Waals surface area contributed by atoms with E-state index in [9.17, 15) is 0 Å². The van der Waals surface area contributed by atoms with Crippen LogP contribution in [0, 0.1) is 0 Å². The first-order chi connectivity index (χ1) is 3.66. The van der Waals surface area contributed by atoms with Crippen LogP contribution in [-0.2, 0) is 0 Å². The van der Waals surface area contributed by atoms with Crippen molar-refractivity contribution in [3.05, 3.63) is 0 Å². The molecule has 0 aromatic heterocycles. The Balaban J connectivity index is 3.56. The van der Waals surface area contributed by atoms with E-state index in [1.165, 1.54) is 0 Å². The van der Waals surface area contributed by atoms with Gasteiger partial charge < -0.3 is 5.73 Å². The van der Waals surface area contributed by atoms with Crippen molar-refractivity contribution in [2.45, 2.75) is 19.9 Å². The van der Waals surface area contributed by atoms with E-state index in [0.717, 1.165) is 0 Å². The average Bonchev–Trinajstić information content (AvgIpc) is 1.65. The number of hydrogen-bond donors (Lipinski definition) is 1. The van der Waals surface area contributed by atoms with Crippen molar-refractivity contribution in [2.75, 3.05) is 5.88 Å². The summed E-state index contributed by atoms with van der Waals surface area (Å²) in [5.74, 6) is 0.847. The normalized spacial score (nSPS) is 12.8. The van der Waals surface area contributed by atoms with Crippen molar-refractivity contribution < 1.29 is 0 Å². The fourth-order valence-electron chi connectivity index (χ4n) is 0.366. The van der Waals surface area contributed by atoms with Crippen molar-refractivity contribution in [1.29, 1.82) is 0 Å². The second-order valence-corrected chi connectivity index (χ2v) is 2.12. The predicted octanol–water partition coefficient (Wildman–Crippen LogP) is 0.991. The molecule has 0 aromatic carbocycles. The van der Waals surface area contributed by atoms with Crippen LogP contribution in [0.5, 0.6) is 0 Å². The van der Waals surface area contributed by atoms with Crippen LogP contribution in [0.4, 0.5) is 0 Å². The van der Waals surface area contributed by atoms with Crippen LogP contribution >= 0.6 is 11.6 Å². The third-order valence-electron chi connectivity index (χ3n) is 0.561. The third kappa shape index (κ3) is 3.93. The highest BCUT2D eigenvalue weighted by atomic mass is 35.5. The Hall–Kier alpha value is -0.240. The molecule has 0 fully saturated rings. The molecule has 0 amide bonds. The molecule has 0 saturated heterocycles. The summed E-state index contributed by atoms with van der Waals surface area (Å²) in [7, 11) is 0. The maximum Gasteiger partial charge on any atom is 0.109 e. The number of hydrogen-bond acceptors (Lipinski definition) is 1. The minimum Gasteiger partial charge on any atom is -0.386 e. The molecule has 0 heterocycles. The van der Waals surface area contributed by atoms with Crippen LogP contribution in [0.2, 0.25) is 0 Å². The number of aliphatic imine (C=N–C) groups is 1. The van der Waals surface area contributed by atoms with Crippen molar-refractivity contribution >= 4 is 17.4 Å². The van der Waals surface area contributed by atoms with Crippen molar-refractivity contribution in [3.8, 4) is 0 Å². The molecular formula is C5H11ClN2. The van der Waals surface area contributed by atoms with Gasteiger partial charge in [-0.3, -0.25) is 4.99 Å². The highest BCUT2D eigenvalue weighted by Gasteiger charge is 1.88. The highest BCUT2D eigenvalue weighted by molar-refractivity contribution is 6.27. The van der Waals surface area contributed by atoms with Gasteiger partial charge in [-0.25, -0.2) is 0 Å². The fourth-order valence-corrected chi connectivity index (χ4v) is 0.435. The third-order valence-corrected chi connectivity index (χ3v) is 0.835. The van der Waals surface area contributed by atoms with Gasteiger partial charge in [0.25, 0.3) is 0 Å². The lowest BCUT2D eigenvalue weighted by Gasteiger charge is -1.96. The Morgan fingerprint density at radius 2 is 2.25 bits per heavy atom. The minimum atomic E-state index is 0.258. The van der Waals surface area contributed by atoms with E-state index in [1.54, 1.807) is 0 Å². The van der Waals surface area contributed by atoms with Crippen molar-refractivity contribution in [1.82, 2.24) is 0 Å². The van der Waals surface area contributed by atoms with Crippen LogP contribution in [0.3, 0.4) is 0 Å². The van der Waals surface area contributed by atoms with Crippen molar-refractivity contribution in [3.63, 3.8) is 0 Å². The maximum atomic E-state index is 5.34. The molecule has 2 N–H and O–H groups in total. The van der Waals surface area contributed by atoms with E-state index in [-0.39, 0.29) is 6.04 Å². The first-order valence-corrected chi connectivity index (χ1v) is 3.08. The van der Waals surface area contributed by atoms with Crippen LogP contribution in [0.1, 0.15) is 13.8 Å². The lowest BCUT2D eigenvalue weighted by molar-refractivity contribution is 0.833. The Labute approximate surface area is 54.7 Å². The second kappa shape index (κ2) is 3.72. The average molecular weight is 135 g/mol. The van der Waals surface area contributed by atoms with Gasteiger partial charge in [-0.2, -0.15) is 0 Å². The number of alkyl halides is 1. The molecule has 0 atom stereocenters. The lowest BCUT2D eigenvalue weighted by Crippen LogP contribution is -2.15. The van der Waals surface area contributed by atoms with Crippen LogP contribution in [-0.4, -0.2) is 17.8 Å². The van der Waals surface area contributed by atoms with E-state index in [4.69, 9.17) is 17.3 Å². The molecule has 0 rings (SSSR count). The molecule has 0 spiro atoms. The number of nitrogens with two attached hydrogens (primary N) is 1.